The first-order valence-electron chi connectivity index (χ1n) is 7.86. The number of rotatable bonds is 7. The highest BCUT2D eigenvalue weighted by atomic mass is 35.5. The summed E-state index contributed by atoms with van der Waals surface area (Å²) < 4.78 is 5.88. The van der Waals surface area contributed by atoms with Gasteiger partial charge in [0.25, 0.3) is 11.8 Å². The lowest BCUT2D eigenvalue weighted by atomic mass is 10.2. The van der Waals surface area contributed by atoms with Crippen molar-refractivity contribution in [3.63, 3.8) is 0 Å². The van der Waals surface area contributed by atoms with Gasteiger partial charge in [0.15, 0.2) is 6.10 Å². The molecule has 25 heavy (non-hydrogen) atoms. The normalized spacial score (nSPS) is 11.8. The van der Waals surface area contributed by atoms with E-state index in [1.807, 2.05) is 31.2 Å². The molecule has 6 nitrogen and oxygen atoms in total. The Kier molecular flexibility index (Phi) is 6.78. The monoisotopic (exact) mass is 382 g/mol. The van der Waals surface area contributed by atoms with Crippen LogP contribution >= 0.6 is 22.9 Å². The minimum Gasteiger partial charge on any atom is -0.451 e. The number of fused-ring (bicyclic) bond motifs is 1. The van der Waals surface area contributed by atoms with Crippen LogP contribution in [0.25, 0.3) is 10.1 Å². The molecule has 0 fully saturated rings. The van der Waals surface area contributed by atoms with Crippen LogP contribution in [0.3, 0.4) is 0 Å². The zero-order chi connectivity index (χ0) is 18.4. The molecule has 2 amide bonds. The van der Waals surface area contributed by atoms with E-state index in [1.165, 1.54) is 18.3 Å². The molecule has 0 saturated carbocycles. The molecule has 1 atom stereocenters. The van der Waals surface area contributed by atoms with E-state index in [1.54, 1.807) is 0 Å². The van der Waals surface area contributed by atoms with Crippen LogP contribution in [0, 0.1) is 0 Å². The molecule has 0 aliphatic heterocycles. The van der Waals surface area contributed by atoms with E-state index in [0.29, 0.717) is 16.4 Å². The Labute approximate surface area is 154 Å². The summed E-state index contributed by atoms with van der Waals surface area (Å²) in [4.78, 5) is 36.0. The van der Waals surface area contributed by atoms with Gasteiger partial charge in [0.1, 0.15) is 11.4 Å². The fourth-order valence-corrected chi connectivity index (χ4v) is 3.51. The Bertz CT molecular complexity index is 790. The number of carbonyl (C=O) groups is 3. The summed E-state index contributed by atoms with van der Waals surface area (Å²) in [5.74, 6) is -1.51. The lowest BCUT2D eigenvalue weighted by Gasteiger charge is -2.13. The van der Waals surface area contributed by atoms with Crippen molar-refractivity contribution in [2.24, 2.45) is 0 Å². The third-order valence-electron chi connectivity index (χ3n) is 3.36. The Morgan fingerprint density at radius 3 is 2.64 bits per heavy atom. The van der Waals surface area contributed by atoms with Crippen molar-refractivity contribution in [3.8, 4) is 0 Å². The van der Waals surface area contributed by atoms with Crippen molar-refractivity contribution >= 4 is 50.8 Å². The fraction of sp³-hybridized carbons (Fsp3) is 0.353. The van der Waals surface area contributed by atoms with Gasteiger partial charge in [-0.2, -0.15) is 0 Å². The SMILES string of the molecule is CCCNC(=O)C(C)OC(=O)CNC(=O)c1sc2ccccc2c1Cl. The number of halogens is 1. The molecule has 8 heteroatoms. The minimum atomic E-state index is -0.913. The highest BCUT2D eigenvalue weighted by Crippen LogP contribution is 2.34. The Hall–Kier alpha value is -2.12. The maximum Gasteiger partial charge on any atom is 0.326 e. The van der Waals surface area contributed by atoms with E-state index in [-0.39, 0.29) is 12.5 Å². The number of thiophene rings is 1. The van der Waals surface area contributed by atoms with E-state index in [4.69, 9.17) is 16.3 Å². The number of hydrogen-bond donors (Lipinski definition) is 2. The van der Waals surface area contributed by atoms with Crippen molar-refractivity contribution < 1.29 is 19.1 Å². The molecule has 1 aromatic carbocycles. The number of carbonyl (C=O) groups excluding carboxylic acids is 3. The number of nitrogens with one attached hydrogen (secondary N) is 2. The Balaban J connectivity index is 1.89. The van der Waals surface area contributed by atoms with E-state index in [0.717, 1.165) is 16.5 Å². The topological polar surface area (TPSA) is 84.5 Å². The largest absolute Gasteiger partial charge is 0.451 e. The van der Waals surface area contributed by atoms with Crippen molar-refractivity contribution in [2.75, 3.05) is 13.1 Å². The highest BCUT2D eigenvalue weighted by Gasteiger charge is 2.20. The van der Waals surface area contributed by atoms with Crippen molar-refractivity contribution in [1.29, 1.82) is 0 Å². The fourth-order valence-electron chi connectivity index (χ4n) is 2.08. The van der Waals surface area contributed by atoms with Gasteiger partial charge in [-0.05, 0) is 19.4 Å². The molecule has 1 heterocycles. The van der Waals surface area contributed by atoms with E-state index in [2.05, 4.69) is 10.6 Å². The van der Waals surface area contributed by atoms with E-state index in [9.17, 15) is 14.4 Å². The molecule has 0 aliphatic carbocycles. The van der Waals surface area contributed by atoms with E-state index >= 15 is 0 Å². The standard InChI is InChI=1S/C17H19ClN2O4S/c1-3-8-19-16(22)10(2)24-13(21)9-20-17(23)15-14(18)11-6-4-5-7-12(11)25-15/h4-7,10H,3,8-9H2,1-2H3,(H,19,22)(H,20,23). The van der Waals surface area contributed by atoms with Crippen LogP contribution in [0.15, 0.2) is 24.3 Å². The summed E-state index contributed by atoms with van der Waals surface area (Å²) in [6.07, 6.45) is -0.123. The highest BCUT2D eigenvalue weighted by molar-refractivity contribution is 7.21. The second-order valence-electron chi connectivity index (χ2n) is 5.35. The van der Waals surface area contributed by atoms with Crippen LogP contribution in [-0.4, -0.2) is 37.0 Å². The van der Waals surface area contributed by atoms with Gasteiger partial charge in [0.05, 0.1) is 5.02 Å². The van der Waals surface area contributed by atoms with Crippen molar-refractivity contribution in [1.82, 2.24) is 10.6 Å². The summed E-state index contributed by atoms with van der Waals surface area (Å²) in [5, 5.41) is 6.25. The van der Waals surface area contributed by atoms with Crippen LogP contribution in [0.2, 0.25) is 5.02 Å². The van der Waals surface area contributed by atoms with Gasteiger partial charge < -0.3 is 15.4 Å². The maximum atomic E-state index is 12.2. The second-order valence-corrected chi connectivity index (χ2v) is 6.78. The summed E-state index contributed by atoms with van der Waals surface area (Å²) in [6, 6.07) is 7.40. The van der Waals surface area contributed by atoms with Gasteiger partial charge in [-0.3, -0.25) is 14.4 Å². The molecular formula is C17H19ClN2O4S. The molecule has 0 saturated heterocycles. The minimum absolute atomic E-state index is 0.337. The first-order chi connectivity index (χ1) is 11.9. The third-order valence-corrected chi connectivity index (χ3v) is 5.04. The average Bonchev–Trinajstić information content (AvgIpc) is 2.94. The lowest BCUT2D eigenvalue weighted by molar-refractivity contribution is -0.153. The molecule has 0 spiro atoms. The molecule has 1 aromatic heterocycles. The van der Waals surface area contributed by atoms with Gasteiger partial charge >= 0.3 is 5.97 Å². The average molecular weight is 383 g/mol. The summed E-state index contributed by atoms with van der Waals surface area (Å²) >= 11 is 7.47. The van der Waals surface area contributed by atoms with Gasteiger partial charge in [-0.1, -0.05) is 36.7 Å². The third kappa shape index (κ3) is 4.93. The molecule has 2 rings (SSSR count). The van der Waals surface area contributed by atoms with Crippen LogP contribution in [0.1, 0.15) is 29.9 Å². The van der Waals surface area contributed by atoms with Crippen molar-refractivity contribution in [2.45, 2.75) is 26.4 Å². The number of benzene rings is 1. The molecule has 2 aromatic rings. The second kappa shape index (κ2) is 8.82. The summed E-state index contributed by atoms with van der Waals surface area (Å²) in [7, 11) is 0. The van der Waals surface area contributed by atoms with Crippen LogP contribution in [0.4, 0.5) is 0 Å². The Morgan fingerprint density at radius 1 is 1.24 bits per heavy atom. The predicted molar refractivity (Wildman–Crippen MR) is 98.0 cm³/mol. The first-order valence-corrected chi connectivity index (χ1v) is 9.06. The lowest BCUT2D eigenvalue weighted by Crippen LogP contribution is -2.38. The van der Waals surface area contributed by atoms with E-state index < -0.39 is 18.0 Å². The molecule has 134 valence electrons. The quantitative estimate of drug-likeness (QED) is 0.721. The predicted octanol–water partition coefficient (Wildman–Crippen LogP) is 2.74. The van der Waals surface area contributed by atoms with Gasteiger partial charge in [-0.25, -0.2) is 0 Å². The molecule has 0 aliphatic rings. The molecule has 0 radical (unpaired) electrons. The summed E-state index contributed by atoms with van der Waals surface area (Å²) in [5.41, 5.74) is 0. The van der Waals surface area contributed by atoms with Gasteiger partial charge in [0, 0.05) is 16.6 Å². The molecule has 2 N–H and O–H groups in total. The maximum absolute atomic E-state index is 12.2. The molecular weight excluding hydrogens is 364 g/mol. The number of esters is 1. The molecule has 0 bridgehead atoms. The first kappa shape index (κ1) is 19.2. The smallest absolute Gasteiger partial charge is 0.326 e. The number of amides is 2. The van der Waals surface area contributed by atoms with Gasteiger partial charge in [-0.15, -0.1) is 11.3 Å². The van der Waals surface area contributed by atoms with Crippen molar-refractivity contribution in [3.05, 3.63) is 34.2 Å². The molecule has 1 unspecified atom stereocenters. The number of hydrogen-bond acceptors (Lipinski definition) is 5. The van der Waals surface area contributed by atoms with Crippen LogP contribution < -0.4 is 10.6 Å². The summed E-state index contributed by atoms with van der Waals surface area (Å²) in [6.45, 7) is 3.58. The number of ether oxygens (including phenoxy) is 1. The Morgan fingerprint density at radius 2 is 1.96 bits per heavy atom. The zero-order valence-corrected chi connectivity index (χ0v) is 15.5. The van der Waals surface area contributed by atoms with Crippen LogP contribution in [-0.2, 0) is 14.3 Å². The van der Waals surface area contributed by atoms with Crippen LogP contribution in [0.5, 0.6) is 0 Å². The zero-order valence-electron chi connectivity index (χ0n) is 13.9. The van der Waals surface area contributed by atoms with Gasteiger partial charge in [0.2, 0.25) is 0 Å².